The minimum Gasteiger partial charge on any atom is -0.370 e. The highest BCUT2D eigenvalue weighted by Gasteiger charge is 2.54. The zero-order chi connectivity index (χ0) is 29.9. The maximum atomic E-state index is 13.5. The van der Waals surface area contributed by atoms with E-state index in [-0.39, 0.29) is 17.3 Å². The molecule has 0 saturated carbocycles. The fourth-order valence-electron chi connectivity index (χ4n) is 6.54. The summed E-state index contributed by atoms with van der Waals surface area (Å²) in [5.41, 5.74) is 5.42. The first kappa shape index (κ1) is 27.6. The summed E-state index contributed by atoms with van der Waals surface area (Å²) in [4.78, 5) is 28.9. The average molecular weight is 600 g/mol. The summed E-state index contributed by atoms with van der Waals surface area (Å²) in [5, 5.41) is 15.4. The number of thiazole rings is 1. The molecule has 0 radical (unpaired) electrons. The molecule has 43 heavy (non-hydrogen) atoms. The molecule has 3 aliphatic rings. The van der Waals surface area contributed by atoms with Crippen molar-refractivity contribution in [1.29, 1.82) is 5.26 Å². The molecule has 2 amide bonds. The third-order valence-electron chi connectivity index (χ3n) is 8.97. The predicted molar refractivity (Wildman–Crippen MR) is 166 cm³/mol. The number of hydrogen-bond acceptors (Lipinski definition) is 8. The zero-order valence-corrected chi connectivity index (χ0v) is 25.4. The van der Waals surface area contributed by atoms with Crippen molar-refractivity contribution in [3.05, 3.63) is 59.0 Å². The van der Waals surface area contributed by atoms with E-state index in [0.29, 0.717) is 21.3 Å². The number of hydrogen-bond donors (Lipinski definition) is 0. The van der Waals surface area contributed by atoms with E-state index in [4.69, 9.17) is 10.1 Å². The number of nitriles is 1. The molecule has 0 atom stereocenters. The van der Waals surface area contributed by atoms with E-state index in [9.17, 15) is 14.4 Å². The van der Waals surface area contributed by atoms with Crippen LogP contribution in [-0.4, -0.2) is 102 Å². The van der Waals surface area contributed by atoms with Crippen molar-refractivity contribution in [2.75, 3.05) is 76.3 Å². The summed E-state index contributed by atoms with van der Waals surface area (Å²) < 4.78 is 15.4. The third-order valence-corrected chi connectivity index (χ3v) is 10.0. The Bertz CT molecular complexity index is 1720. The molecule has 6 heterocycles. The second kappa shape index (κ2) is 10.5. The molecule has 3 aliphatic heterocycles. The number of aryl methyl sites for hydroxylation is 1. The minimum absolute atomic E-state index is 0.175. The van der Waals surface area contributed by atoms with Gasteiger partial charge in [0, 0.05) is 82.3 Å². The van der Waals surface area contributed by atoms with Gasteiger partial charge in [0.2, 0.25) is 0 Å². The standard InChI is InChI=1S/C31H34FN9OS/c1-4-24-28(37(3)29-34-27(26(16-33)43-29)21-5-7-22(32)8-6-21)25-15-23(9-10-41(25)35-24)39-17-31(18-39)19-40(20-31)30(42)38-13-11-36(2)12-14-38/h5-10,15H,4,11-14,17-20H2,1-3H3. The van der Waals surface area contributed by atoms with Gasteiger partial charge < -0.3 is 24.5 Å². The minimum atomic E-state index is -0.327. The van der Waals surface area contributed by atoms with Gasteiger partial charge in [-0.2, -0.15) is 10.4 Å². The van der Waals surface area contributed by atoms with Crippen LogP contribution in [0.25, 0.3) is 16.8 Å². The highest BCUT2D eigenvalue weighted by Crippen LogP contribution is 2.44. The monoisotopic (exact) mass is 599 g/mol. The number of likely N-dealkylation sites (tertiary alicyclic amines) is 1. The molecule has 3 fully saturated rings. The number of fused-ring (bicyclic) bond motifs is 1. The number of carbonyl (C=O) groups excluding carboxylic acids is 1. The molecule has 1 spiro atoms. The van der Waals surface area contributed by atoms with Crippen molar-refractivity contribution in [1.82, 2.24) is 29.3 Å². The lowest BCUT2D eigenvalue weighted by atomic mass is 9.72. The number of anilines is 3. The van der Waals surface area contributed by atoms with Crippen LogP contribution in [0.1, 0.15) is 17.5 Å². The Kier molecular flexibility index (Phi) is 6.74. The third kappa shape index (κ3) is 4.77. The van der Waals surface area contributed by atoms with E-state index < -0.39 is 0 Å². The lowest BCUT2D eigenvalue weighted by Crippen LogP contribution is -2.74. The number of urea groups is 1. The highest BCUT2D eigenvalue weighted by molar-refractivity contribution is 7.16. The zero-order valence-electron chi connectivity index (χ0n) is 24.6. The molecule has 12 heteroatoms. The molecular formula is C31H34FN9OS. The number of carbonyl (C=O) groups is 1. The van der Waals surface area contributed by atoms with Crippen molar-refractivity contribution >= 4 is 39.4 Å². The Labute approximate surface area is 254 Å². The van der Waals surface area contributed by atoms with Crippen LogP contribution in [0.5, 0.6) is 0 Å². The maximum absolute atomic E-state index is 13.5. The van der Waals surface area contributed by atoms with Crippen LogP contribution in [0.15, 0.2) is 42.6 Å². The smallest absolute Gasteiger partial charge is 0.320 e. The summed E-state index contributed by atoms with van der Waals surface area (Å²) >= 11 is 1.32. The second-order valence-corrected chi connectivity index (χ2v) is 13.0. The fourth-order valence-corrected chi connectivity index (χ4v) is 7.39. The number of pyridine rings is 1. The first-order valence-corrected chi connectivity index (χ1v) is 15.5. The number of aromatic nitrogens is 3. The van der Waals surface area contributed by atoms with Gasteiger partial charge in [-0.1, -0.05) is 18.3 Å². The van der Waals surface area contributed by atoms with Crippen molar-refractivity contribution in [2.45, 2.75) is 13.3 Å². The van der Waals surface area contributed by atoms with Crippen LogP contribution in [0.3, 0.4) is 0 Å². The number of rotatable bonds is 5. The van der Waals surface area contributed by atoms with Gasteiger partial charge in [0.25, 0.3) is 0 Å². The molecule has 0 N–H and O–H groups in total. The quantitative estimate of drug-likeness (QED) is 0.338. The Hall–Kier alpha value is -4.21. The maximum Gasteiger partial charge on any atom is 0.320 e. The van der Waals surface area contributed by atoms with Gasteiger partial charge in [0.15, 0.2) is 5.13 Å². The highest BCUT2D eigenvalue weighted by atomic mass is 32.1. The molecule has 222 valence electrons. The van der Waals surface area contributed by atoms with Crippen LogP contribution in [-0.2, 0) is 6.42 Å². The Morgan fingerprint density at radius 1 is 1.09 bits per heavy atom. The lowest BCUT2D eigenvalue weighted by Gasteiger charge is -2.61. The van der Waals surface area contributed by atoms with E-state index >= 15 is 0 Å². The van der Waals surface area contributed by atoms with E-state index in [0.717, 1.165) is 81.4 Å². The molecule has 0 unspecified atom stereocenters. The van der Waals surface area contributed by atoms with Crippen LogP contribution in [0, 0.1) is 22.6 Å². The Morgan fingerprint density at radius 2 is 1.81 bits per heavy atom. The molecule has 3 aromatic heterocycles. The van der Waals surface area contributed by atoms with Gasteiger partial charge in [-0.15, -0.1) is 0 Å². The van der Waals surface area contributed by atoms with Crippen LogP contribution in [0.2, 0.25) is 0 Å². The number of benzene rings is 1. The van der Waals surface area contributed by atoms with Crippen molar-refractivity contribution in [3.63, 3.8) is 0 Å². The molecule has 7 rings (SSSR count). The summed E-state index contributed by atoms with van der Waals surface area (Å²) in [6.07, 6.45) is 2.74. The van der Waals surface area contributed by atoms with Crippen LogP contribution >= 0.6 is 11.3 Å². The van der Waals surface area contributed by atoms with Gasteiger partial charge >= 0.3 is 6.03 Å². The van der Waals surface area contributed by atoms with Gasteiger partial charge in [0.05, 0.1) is 16.9 Å². The number of likely N-dealkylation sites (N-methyl/N-ethyl adjacent to an activating group) is 1. The largest absolute Gasteiger partial charge is 0.370 e. The Balaban J connectivity index is 1.09. The van der Waals surface area contributed by atoms with Gasteiger partial charge in [-0.05, 0) is 49.9 Å². The van der Waals surface area contributed by atoms with E-state index in [1.165, 1.54) is 23.5 Å². The first-order chi connectivity index (χ1) is 20.8. The molecule has 4 aromatic rings. The number of piperazine rings is 1. The SMILES string of the molecule is CCc1nn2ccc(N3CC4(CN(C(=O)N5CCN(C)CC5)C4)C3)cc2c1N(C)c1nc(-c2ccc(F)cc2)c(C#N)s1. The molecule has 0 aliphatic carbocycles. The second-order valence-electron chi connectivity index (χ2n) is 12.0. The lowest BCUT2D eigenvalue weighted by molar-refractivity contribution is -0.00755. The normalized spacial score (nSPS) is 18.1. The summed E-state index contributed by atoms with van der Waals surface area (Å²) in [5.74, 6) is -0.327. The molecule has 3 saturated heterocycles. The predicted octanol–water partition coefficient (Wildman–Crippen LogP) is 4.29. The first-order valence-electron chi connectivity index (χ1n) is 14.7. The molecule has 0 bridgehead atoms. The molecular weight excluding hydrogens is 565 g/mol. The van der Waals surface area contributed by atoms with Gasteiger partial charge in [-0.25, -0.2) is 18.7 Å². The van der Waals surface area contributed by atoms with Crippen LogP contribution < -0.4 is 9.80 Å². The Morgan fingerprint density at radius 3 is 2.49 bits per heavy atom. The van der Waals surface area contributed by atoms with E-state index in [1.54, 1.807) is 12.1 Å². The number of amides is 2. The van der Waals surface area contributed by atoms with Gasteiger partial charge in [-0.3, -0.25) is 0 Å². The van der Waals surface area contributed by atoms with E-state index in [2.05, 4.69) is 42.0 Å². The summed E-state index contributed by atoms with van der Waals surface area (Å²) in [7, 11) is 4.06. The van der Waals surface area contributed by atoms with Crippen molar-refractivity contribution in [3.8, 4) is 17.3 Å². The fraction of sp³-hybridized carbons (Fsp3) is 0.419. The number of nitrogens with zero attached hydrogens (tertiary/aromatic N) is 9. The van der Waals surface area contributed by atoms with Crippen molar-refractivity contribution < 1.29 is 9.18 Å². The molecule has 10 nitrogen and oxygen atoms in total. The van der Waals surface area contributed by atoms with E-state index in [1.807, 2.05) is 32.5 Å². The summed E-state index contributed by atoms with van der Waals surface area (Å²) in [6.45, 7) is 9.05. The van der Waals surface area contributed by atoms with Crippen molar-refractivity contribution in [2.24, 2.45) is 5.41 Å². The topological polar surface area (TPSA) is 87.2 Å². The van der Waals surface area contributed by atoms with Crippen LogP contribution in [0.4, 0.5) is 25.7 Å². The average Bonchev–Trinajstić information content (AvgIpc) is 3.57. The number of halogens is 1. The summed E-state index contributed by atoms with van der Waals surface area (Å²) in [6, 6.07) is 12.8. The molecule has 1 aromatic carbocycles. The van der Waals surface area contributed by atoms with Gasteiger partial charge in [0.1, 0.15) is 22.5 Å².